The van der Waals surface area contributed by atoms with Crippen molar-refractivity contribution in [3.05, 3.63) is 24.2 Å². The number of aliphatic imine (C=N–C) groups is 1. The standard InChI is InChI=1S/C10H12N4/c1-7(2)9-8-5-11-3-4-12-10(8)14-6-13-9/h5-6H,1,3-4H2,2H3,(H,12,13,14). The van der Waals surface area contributed by atoms with Crippen LogP contribution in [0.15, 0.2) is 17.9 Å². The van der Waals surface area contributed by atoms with Crippen molar-refractivity contribution in [2.75, 3.05) is 18.4 Å². The van der Waals surface area contributed by atoms with Crippen molar-refractivity contribution in [1.29, 1.82) is 0 Å². The van der Waals surface area contributed by atoms with Gasteiger partial charge in [-0.2, -0.15) is 0 Å². The van der Waals surface area contributed by atoms with E-state index in [0.29, 0.717) is 0 Å². The second-order valence-corrected chi connectivity index (χ2v) is 3.23. The highest BCUT2D eigenvalue weighted by molar-refractivity contribution is 5.92. The van der Waals surface area contributed by atoms with Crippen LogP contribution in [0.4, 0.5) is 5.82 Å². The number of rotatable bonds is 1. The summed E-state index contributed by atoms with van der Waals surface area (Å²) in [7, 11) is 0. The first-order valence-electron chi connectivity index (χ1n) is 4.53. The summed E-state index contributed by atoms with van der Waals surface area (Å²) in [6, 6.07) is 0. The van der Waals surface area contributed by atoms with E-state index in [2.05, 4.69) is 26.9 Å². The van der Waals surface area contributed by atoms with E-state index in [1.54, 1.807) is 6.33 Å². The van der Waals surface area contributed by atoms with Gasteiger partial charge in [-0.3, -0.25) is 4.99 Å². The minimum absolute atomic E-state index is 0.770. The van der Waals surface area contributed by atoms with Gasteiger partial charge < -0.3 is 5.32 Å². The minimum Gasteiger partial charge on any atom is -0.368 e. The minimum atomic E-state index is 0.770. The number of allylic oxidation sites excluding steroid dienone is 1. The number of fused-ring (bicyclic) bond motifs is 1. The summed E-state index contributed by atoms with van der Waals surface area (Å²) in [5.74, 6) is 0.847. The van der Waals surface area contributed by atoms with Crippen molar-refractivity contribution < 1.29 is 0 Å². The van der Waals surface area contributed by atoms with E-state index in [4.69, 9.17) is 0 Å². The highest BCUT2D eigenvalue weighted by atomic mass is 15.0. The molecule has 0 spiro atoms. The lowest BCUT2D eigenvalue weighted by Crippen LogP contribution is -2.07. The molecule has 1 N–H and O–H groups in total. The molecule has 0 atom stereocenters. The van der Waals surface area contributed by atoms with Crippen molar-refractivity contribution in [2.45, 2.75) is 6.92 Å². The number of anilines is 1. The molecule has 1 aromatic rings. The maximum atomic E-state index is 4.25. The molecule has 1 aliphatic heterocycles. The smallest absolute Gasteiger partial charge is 0.138 e. The van der Waals surface area contributed by atoms with Crippen molar-refractivity contribution in [1.82, 2.24) is 9.97 Å². The maximum Gasteiger partial charge on any atom is 0.138 e. The average Bonchev–Trinajstić information content (AvgIpc) is 2.41. The fourth-order valence-corrected chi connectivity index (χ4v) is 1.39. The van der Waals surface area contributed by atoms with Gasteiger partial charge in [0, 0.05) is 12.8 Å². The fraction of sp³-hybridized carbons (Fsp3) is 0.300. The van der Waals surface area contributed by atoms with Crippen LogP contribution >= 0.6 is 0 Å². The third-order valence-electron chi connectivity index (χ3n) is 2.04. The summed E-state index contributed by atoms with van der Waals surface area (Å²) in [6.07, 6.45) is 3.37. The molecular weight excluding hydrogens is 176 g/mol. The first-order valence-corrected chi connectivity index (χ1v) is 4.53. The van der Waals surface area contributed by atoms with E-state index in [1.807, 2.05) is 13.1 Å². The Balaban J connectivity index is 2.57. The molecule has 1 aliphatic rings. The summed E-state index contributed by atoms with van der Waals surface area (Å²) in [4.78, 5) is 12.6. The van der Waals surface area contributed by atoms with E-state index in [1.165, 1.54) is 0 Å². The lowest BCUT2D eigenvalue weighted by atomic mass is 10.1. The van der Waals surface area contributed by atoms with Crippen LogP contribution in [-0.4, -0.2) is 29.3 Å². The molecule has 2 heterocycles. The first-order chi connectivity index (χ1) is 6.79. The Labute approximate surface area is 82.8 Å². The first kappa shape index (κ1) is 8.87. The molecule has 0 amide bonds. The molecule has 0 radical (unpaired) electrons. The predicted molar refractivity (Wildman–Crippen MR) is 57.7 cm³/mol. The van der Waals surface area contributed by atoms with Gasteiger partial charge in [0.1, 0.15) is 12.1 Å². The number of hydrogen-bond acceptors (Lipinski definition) is 4. The quantitative estimate of drug-likeness (QED) is 0.723. The van der Waals surface area contributed by atoms with Crippen LogP contribution < -0.4 is 5.32 Å². The predicted octanol–water partition coefficient (Wildman–Crippen LogP) is 1.35. The Hall–Kier alpha value is -1.71. The zero-order valence-corrected chi connectivity index (χ0v) is 8.12. The topological polar surface area (TPSA) is 50.2 Å². The molecule has 4 nitrogen and oxygen atoms in total. The lowest BCUT2D eigenvalue weighted by Gasteiger charge is -2.07. The molecular formula is C10H12N4. The number of nitrogens with zero attached hydrogens (tertiary/aromatic N) is 3. The van der Waals surface area contributed by atoms with Gasteiger partial charge in [0.15, 0.2) is 0 Å². The normalized spacial score (nSPS) is 14.1. The molecule has 0 fully saturated rings. The van der Waals surface area contributed by atoms with Crippen LogP contribution in [0.5, 0.6) is 0 Å². The Morgan fingerprint density at radius 3 is 3.14 bits per heavy atom. The Bertz CT molecular complexity index is 395. The van der Waals surface area contributed by atoms with Crippen LogP contribution in [0.2, 0.25) is 0 Å². The largest absolute Gasteiger partial charge is 0.368 e. The summed E-state index contributed by atoms with van der Waals surface area (Å²) >= 11 is 0. The monoisotopic (exact) mass is 188 g/mol. The van der Waals surface area contributed by atoms with Gasteiger partial charge >= 0.3 is 0 Å². The van der Waals surface area contributed by atoms with Crippen LogP contribution in [0, 0.1) is 0 Å². The van der Waals surface area contributed by atoms with E-state index >= 15 is 0 Å². The molecule has 0 unspecified atom stereocenters. The number of aromatic nitrogens is 2. The lowest BCUT2D eigenvalue weighted by molar-refractivity contribution is 1.02. The summed E-state index contributed by atoms with van der Waals surface area (Å²) < 4.78 is 0. The third-order valence-corrected chi connectivity index (χ3v) is 2.04. The van der Waals surface area contributed by atoms with Crippen LogP contribution in [0.3, 0.4) is 0 Å². The van der Waals surface area contributed by atoms with Gasteiger partial charge in [0.2, 0.25) is 0 Å². The molecule has 0 saturated heterocycles. The van der Waals surface area contributed by atoms with Gasteiger partial charge in [-0.25, -0.2) is 9.97 Å². The van der Waals surface area contributed by atoms with E-state index < -0.39 is 0 Å². The zero-order chi connectivity index (χ0) is 9.97. The molecule has 14 heavy (non-hydrogen) atoms. The van der Waals surface area contributed by atoms with E-state index in [-0.39, 0.29) is 0 Å². The Morgan fingerprint density at radius 1 is 1.50 bits per heavy atom. The van der Waals surface area contributed by atoms with Crippen LogP contribution in [0.1, 0.15) is 18.2 Å². The van der Waals surface area contributed by atoms with Crippen molar-refractivity contribution in [3.63, 3.8) is 0 Å². The molecule has 2 rings (SSSR count). The highest BCUT2D eigenvalue weighted by Crippen LogP contribution is 2.19. The summed E-state index contributed by atoms with van der Waals surface area (Å²) in [5.41, 5.74) is 2.74. The van der Waals surface area contributed by atoms with Crippen molar-refractivity contribution >= 4 is 17.6 Å². The molecule has 0 saturated carbocycles. The molecule has 0 aromatic carbocycles. The summed E-state index contributed by atoms with van der Waals surface area (Å²) in [6.45, 7) is 7.40. The molecule has 4 heteroatoms. The van der Waals surface area contributed by atoms with Crippen molar-refractivity contribution in [3.8, 4) is 0 Å². The fourth-order valence-electron chi connectivity index (χ4n) is 1.39. The van der Waals surface area contributed by atoms with E-state index in [0.717, 1.165) is 35.7 Å². The zero-order valence-electron chi connectivity index (χ0n) is 8.12. The van der Waals surface area contributed by atoms with Crippen LogP contribution in [0.25, 0.3) is 5.57 Å². The van der Waals surface area contributed by atoms with Gasteiger partial charge in [0.25, 0.3) is 0 Å². The summed E-state index contributed by atoms with van der Waals surface area (Å²) in [5, 5.41) is 3.20. The SMILES string of the molecule is C=C(C)c1ncnc2c1C=NCCN2. The number of nitrogens with one attached hydrogen (secondary N) is 1. The van der Waals surface area contributed by atoms with Gasteiger partial charge in [-0.1, -0.05) is 6.58 Å². The second kappa shape index (κ2) is 3.57. The third kappa shape index (κ3) is 1.51. The Morgan fingerprint density at radius 2 is 2.36 bits per heavy atom. The van der Waals surface area contributed by atoms with Crippen LogP contribution in [-0.2, 0) is 0 Å². The Kier molecular flexibility index (Phi) is 2.26. The second-order valence-electron chi connectivity index (χ2n) is 3.23. The maximum absolute atomic E-state index is 4.25. The molecule has 0 bridgehead atoms. The molecule has 1 aromatic heterocycles. The van der Waals surface area contributed by atoms with Crippen molar-refractivity contribution in [2.24, 2.45) is 4.99 Å². The number of hydrogen-bond donors (Lipinski definition) is 1. The van der Waals surface area contributed by atoms with Gasteiger partial charge in [-0.05, 0) is 12.5 Å². The average molecular weight is 188 g/mol. The highest BCUT2D eigenvalue weighted by Gasteiger charge is 2.11. The van der Waals surface area contributed by atoms with E-state index in [9.17, 15) is 0 Å². The molecule has 72 valence electrons. The molecule has 0 aliphatic carbocycles. The van der Waals surface area contributed by atoms with Gasteiger partial charge in [0.05, 0.1) is 17.8 Å². The van der Waals surface area contributed by atoms with Gasteiger partial charge in [-0.15, -0.1) is 0 Å².